The Morgan fingerprint density at radius 1 is 1.33 bits per heavy atom. The van der Waals surface area contributed by atoms with E-state index in [2.05, 4.69) is 0 Å². The molecule has 18 heavy (non-hydrogen) atoms. The second-order valence-corrected chi connectivity index (χ2v) is 4.18. The number of fused-ring (bicyclic) bond motifs is 1. The van der Waals surface area contributed by atoms with Crippen molar-refractivity contribution in [3.05, 3.63) is 40.8 Å². The maximum Gasteiger partial charge on any atom is 0.336 e. The van der Waals surface area contributed by atoms with Crippen LogP contribution in [-0.4, -0.2) is 5.97 Å². The number of carbonyl (C=O) groups is 1. The van der Waals surface area contributed by atoms with Crippen molar-refractivity contribution in [2.75, 3.05) is 0 Å². The summed E-state index contributed by atoms with van der Waals surface area (Å²) in [6.07, 6.45) is 0.737. The van der Waals surface area contributed by atoms with Gasteiger partial charge in [-0.15, -0.1) is 0 Å². The Morgan fingerprint density at radius 2 is 2.11 bits per heavy atom. The highest BCUT2D eigenvalue weighted by Gasteiger charge is 2.13. The summed E-state index contributed by atoms with van der Waals surface area (Å²) in [5, 5.41) is 0.726. The highest BCUT2D eigenvalue weighted by molar-refractivity contribution is 5.80. The fourth-order valence-corrected chi connectivity index (χ4v) is 1.50. The summed E-state index contributed by atoms with van der Waals surface area (Å²) in [5.41, 5.74) is 0.0812. The average Bonchev–Trinajstić information content (AvgIpc) is 2.38. The molecular weight excluding hydrogens is 232 g/mol. The summed E-state index contributed by atoms with van der Waals surface area (Å²) >= 11 is 0. The standard InChI is InChI=1S/C14H14O4/c1-3-9(2)14(16)17-11-5-6-12-10(8-11)4-7-13(15)18-12/h4-9H,3H2,1-2H3. The van der Waals surface area contributed by atoms with Gasteiger partial charge in [0.25, 0.3) is 0 Å². The maximum absolute atomic E-state index is 11.6. The van der Waals surface area contributed by atoms with Crippen molar-refractivity contribution in [2.24, 2.45) is 5.92 Å². The van der Waals surface area contributed by atoms with Gasteiger partial charge in [-0.2, -0.15) is 0 Å². The van der Waals surface area contributed by atoms with Crippen LogP contribution in [0.5, 0.6) is 5.75 Å². The second-order valence-electron chi connectivity index (χ2n) is 4.18. The monoisotopic (exact) mass is 246 g/mol. The third kappa shape index (κ3) is 2.59. The van der Waals surface area contributed by atoms with E-state index in [0.717, 1.165) is 11.8 Å². The predicted octanol–water partition coefficient (Wildman–Crippen LogP) is 2.74. The zero-order valence-corrected chi connectivity index (χ0v) is 10.3. The van der Waals surface area contributed by atoms with Crippen LogP contribution in [0.15, 0.2) is 39.5 Å². The van der Waals surface area contributed by atoms with Crippen molar-refractivity contribution in [3.8, 4) is 5.75 Å². The summed E-state index contributed by atoms with van der Waals surface area (Å²) in [4.78, 5) is 22.7. The van der Waals surface area contributed by atoms with Crippen LogP contribution in [-0.2, 0) is 4.79 Å². The molecule has 1 heterocycles. The Balaban J connectivity index is 2.28. The first-order valence-corrected chi connectivity index (χ1v) is 5.85. The van der Waals surface area contributed by atoms with Crippen LogP contribution in [0.25, 0.3) is 11.0 Å². The lowest BCUT2D eigenvalue weighted by atomic mass is 10.1. The largest absolute Gasteiger partial charge is 0.426 e. The molecule has 0 aliphatic rings. The van der Waals surface area contributed by atoms with Gasteiger partial charge in [-0.3, -0.25) is 4.79 Å². The van der Waals surface area contributed by atoms with E-state index in [1.165, 1.54) is 6.07 Å². The molecular formula is C14H14O4. The normalized spacial score (nSPS) is 12.3. The fraction of sp³-hybridized carbons (Fsp3) is 0.286. The molecule has 0 aliphatic carbocycles. The van der Waals surface area contributed by atoms with E-state index in [1.807, 2.05) is 13.8 Å². The van der Waals surface area contributed by atoms with E-state index in [1.54, 1.807) is 24.3 Å². The third-order valence-electron chi connectivity index (χ3n) is 2.82. The number of rotatable bonds is 3. The van der Waals surface area contributed by atoms with Gasteiger partial charge in [-0.1, -0.05) is 13.8 Å². The van der Waals surface area contributed by atoms with Crippen LogP contribution in [0, 0.1) is 5.92 Å². The summed E-state index contributed by atoms with van der Waals surface area (Å²) in [5.74, 6) is 0.0743. The molecule has 0 spiro atoms. The zero-order chi connectivity index (χ0) is 13.1. The number of esters is 1. The smallest absolute Gasteiger partial charge is 0.336 e. The number of ether oxygens (including phenoxy) is 1. The first kappa shape index (κ1) is 12.4. The van der Waals surface area contributed by atoms with Crippen LogP contribution >= 0.6 is 0 Å². The van der Waals surface area contributed by atoms with Crippen molar-refractivity contribution in [1.29, 1.82) is 0 Å². The molecule has 0 saturated carbocycles. The zero-order valence-electron chi connectivity index (χ0n) is 10.3. The molecule has 1 atom stereocenters. The van der Waals surface area contributed by atoms with Crippen LogP contribution in [0.4, 0.5) is 0 Å². The van der Waals surface area contributed by atoms with E-state index in [9.17, 15) is 9.59 Å². The van der Waals surface area contributed by atoms with Gasteiger partial charge in [0.1, 0.15) is 11.3 Å². The van der Waals surface area contributed by atoms with Gasteiger partial charge in [0, 0.05) is 11.5 Å². The van der Waals surface area contributed by atoms with Gasteiger partial charge in [-0.05, 0) is 30.7 Å². The summed E-state index contributed by atoms with van der Waals surface area (Å²) in [7, 11) is 0. The minimum Gasteiger partial charge on any atom is -0.426 e. The van der Waals surface area contributed by atoms with E-state index in [0.29, 0.717) is 11.3 Å². The molecule has 0 bridgehead atoms. The summed E-state index contributed by atoms with van der Waals surface area (Å²) in [6, 6.07) is 7.89. The molecule has 1 unspecified atom stereocenters. The van der Waals surface area contributed by atoms with Crippen LogP contribution < -0.4 is 10.4 Å². The predicted molar refractivity (Wildman–Crippen MR) is 67.6 cm³/mol. The Bertz CT molecular complexity index is 627. The van der Waals surface area contributed by atoms with E-state index >= 15 is 0 Å². The molecule has 0 fully saturated rings. The molecule has 4 nitrogen and oxygen atoms in total. The molecule has 1 aromatic carbocycles. The highest BCUT2D eigenvalue weighted by Crippen LogP contribution is 2.20. The Labute approximate surface area is 104 Å². The third-order valence-corrected chi connectivity index (χ3v) is 2.82. The van der Waals surface area contributed by atoms with Gasteiger partial charge in [0.05, 0.1) is 5.92 Å². The quantitative estimate of drug-likeness (QED) is 0.474. The number of hydrogen-bond acceptors (Lipinski definition) is 4. The Hall–Kier alpha value is -2.10. The fourth-order valence-electron chi connectivity index (χ4n) is 1.50. The van der Waals surface area contributed by atoms with Gasteiger partial charge in [0.15, 0.2) is 0 Å². The average molecular weight is 246 g/mol. The molecule has 2 aromatic rings. The van der Waals surface area contributed by atoms with Crippen molar-refractivity contribution in [2.45, 2.75) is 20.3 Å². The van der Waals surface area contributed by atoms with Crippen LogP contribution in [0.2, 0.25) is 0 Å². The summed E-state index contributed by atoms with van der Waals surface area (Å²) in [6.45, 7) is 3.75. The molecule has 4 heteroatoms. The Kier molecular flexibility index (Phi) is 3.46. The van der Waals surface area contributed by atoms with Crippen molar-refractivity contribution in [3.63, 3.8) is 0 Å². The lowest BCUT2D eigenvalue weighted by Gasteiger charge is -2.09. The molecule has 2 rings (SSSR count). The second kappa shape index (κ2) is 5.04. The van der Waals surface area contributed by atoms with Crippen molar-refractivity contribution in [1.82, 2.24) is 0 Å². The highest BCUT2D eigenvalue weighted by atomic mass is 16.5. The maximum atomic E-state index is 11.6. The molecule has 0 aliphatic heterocycles. The first-order chi connectivity index (χ1) is 8.60. The van der Waals surface area contributed by atoms with Crippen molar-refractivity contribution >= 4 is 16.9 Å². The van der Waals surface area contributed by atoms with Crippen LogP contribution in [0.1, 0.15) is 20.3 Å². The van der Waals surface area contributed by atoms with Gasteiger partial charge in [0.2, 0.25) is 0 Å². The lowest BCUT2D eigenvalue weighted by Crippen LogP contribution is -2.16. The van der Waals surface area contributed by atoms with Gasteiger partial charge >= 0.3 is 11.6 Å². The van der Waals surface area contributed by atoms with Crippen molar-refractivity contribution < 1.29 is 13.9 Å². The number of carbonyl (C=O) groups excluding carboxylic acids is 1. The Morgan fingerprint density at radius 3 is 2.83 bits per heavy atom. The lowest BCUT2D eigenvalue weighted by molar-refractivity contribution is -0.138. The molecule has 0 saturated heterocycles. The molecule has 94 valence electrons. The number of benzene rings is 1. The minimum absolute atomic E-state index is 0.130. The van der Waals surface area contributed by atoms with E-state index in [-0.39, 0.29) is 11.9 Å². The van der Waals surface area contributed by atoms with Gasteiger partial charge in [-0.25, -0.2) is 4.79 Å². The van der Waals surface area contributed by atoms with E-state index < -0.39 is 5.63 Å². The van der Waals surface area contributed by atoms with Crippen LogP contribution in [0.3, 0.4) is 0 Å². The first-order valence-electron chi connectivity index (χ1n) is 5.85. The molecule has 0 radical (unpaired) electrons. The summed E-state index contributed by atoms with van der Waals surface area (Å²) < 4.78 is 10.2. The van der Waals surface area contributed by atoms with E-state index in [4.69, 9.17) is 9.15 Å². The minimum atomic E-state index is -0.396. The SMILES string of the molecule is CCC(C)C(=O)Oc1ccc2oc(=O)ccc2c1. The van der Waals surface area contributed by atoms with Gasteiger partial charge < -0.3 is 9.15 Å². The number of hydrogen-bond donors (Lipinski definition) is 0. The molecule has 0 amide bonds. The topological polar surface area (TPSA) is 56.5 Å². The molecule has 0 N–H and O–H groups in total. The molecule has 1 aromatic heterocycles.